The van der Waals surface area contributed by atoms with E-state index in [2.05, 4.69) is 27.3 Å². The lowest BCUT2D eigenvalue weighted by atomic mass is 10.0. The predicted molar refractivity (Wildman–Crippen MR) is 94.1 cm³/mol. The molecule has 0 aromatic carbocycles. The van der Waals surface area contributed by atoms with Crippen LogP contribution in [0.15, 0.2) is 9.90 Å². The second kappa shape index (κ2) is 7.44. The van der Waals surface area contributed by atoms with E-state index < -0.39 is 0 Å². The maximum atomic E-state index is 12.2. The third-order valence-corrected chi connectivity index (χ3v) is 5.25. The van der Waals surface area contributed by atoms with Gasteiger partial charge in [0, 0.05) is 24.0 Å². The Labute approximate surface area is 146 Å². The summed E-state index contributed by atoms with van der Waals surface area (Å²) < 4.78 is 5.10. The molecular weight excluding hydrogens is 324 g/mol. The summed E-state index contributed by atoms with van der Waals surface area (Å²) in [4.78, 5) is 19.2. The quantitative estimate of drug-likeness (QED) is 0.899. The fourth-order valence-electron chi connectivity index (χ4n) is 3.17. The first-order chi connectivity index (χ1) is 11.5. The van der Waals surface area contributed by atoms with Gasteiger partial charge in [0.05, 0.1) is 17.8 Å². The lowest BCUT2D eigenvalue weighted by molar-refractivity contribution is -0.115. The summed E-state index contributed by atoms with van der Waals surface area (Å²) in [6.45, 7) is 9.10. The summed E-state index contributed by atoms with van der Waals surface area (Å²) in [5, 5.41) is 9.45. The summed E-state index contributed by atoms with van der Waals surface area (Å²) in [6.07, 6.45) is 2.84. The van der Waals surface area contributed by atoms with Crippen molar-refractivity contribution in [1.29, 1.82) is 0 Å². The standard InChI is InChI=1S/C17H24N4O2S/c1-11-5-4-6-21(8-11)9-14-10-24-17(18-14)19-16(22)7-15-12(2)20-23-13(15)3/h10-11H,4-9H2,1-3H3,(H,18,19,22). The van der Waals surface area contributed by atoms with Gasteiger partial charge in [0.15, 0.2) is 5.13 Å². The van der Waals surface area contributed by atoms with Crippen molar-refractivity contribution in [1.82, 2.24) is 15.0 Å². The van der Waals surface area contributed by atoms with Gasteiger partial charge in [-0.25, -0.2) is 4.98 Å². The van der Waals surface area contributed by atoms with E-state index in [1.54, 1.807) is 0 Å². The number of aromatic nitrogens is 2. The number of nitrogens with zero attached hydrogens (tertiary/aromatic N) is 3. The Bertz CT molecular complexity index is 690. The fourth-order valence-corrected chi connectivity index (χ4v) is 3.89. The lowest BCUT2D eigenvalue weighted by Crippen LogP contribution is -2.33. The van der Waals surface area contributed by atoms with Crippen LogP contribution in [0, 0.1) is 19.8 Å². The van der Waals surface area contributed by atoms with Crippen LogP contribution < -0.4 is 5.32 Å². The minimum absolute atomic E-state index is 0.0862. The molecule has 0 spiro atoms. The Kier molecular flexibility index (Phi) is 5.30. The molecule has 1 aliphatic rings. The van der Waals surface area contributed by atoms with Gasteiger partial charge in [0.1, 0.15) is 5.76 Å². The highest BCUT2D eigenvalue weighted by Gasteiger charge is 2.18. The van der Waals surface area contributed by atoms with Crippen LogP contribution in [0.4, 0.5) is 5.13 Å². The van der Waals surface area contributed by atoms with Crippen molar-refractivity contribution in [3.8, 4) is 0 Å². The molecule has 1 amide bonds. The number of amides is 1. The predicted octanol–water partition coefficient (Wildman–Crippen LogP) is 3.16. The number of aryl methyl sites for hydroxylation is 2. The lowest BCUT2D eigenvalue weighted by Gasteiger charge is -2.30. The summed E-state index contributed by atoms with van der Waals surface area (Å²) in [5.41, 5.74) is 2.65. The minimum atomic E-state index is -0.0862. The van der Waals surface area contributed by atoms with E-state index in [1.807, 2.05) is 19.2 Å². The van der Waals surface area contributed by atoms with E-state index in [0.717, 1.165) is 42.5 Å². The van der Waals surface area contributed by atoms with Crippen LogP contribution in [0.2, 0.25) is 0 Å². The maximum absolute atomic E-state index is 12.2. The van der Waals surface area contributed by atoms with Gasteiger partial charge in [-0.15, -0.1) is 11.3 Å². The maximum Gasteiger partial charge on any atom is 0.230 e. The second-order valence-electron chi connectivity index (χ2n) is 6.65. The highest BCUT2D eigenvalue weighted by atomic mass is 32.1. The SMILES string of the molecule is Cc1noc(C)c1CC(=O)Nc1nc(CN2CCCC(C)C2)cs1. The molecule has 7 heteroatoms. The molecule has 1 saturated heterocycles. The van der Waals surface area contributed by atoms with Crippen LogP contribution in [0.3, 0.4) is 0 Å². The molecule has 1 fully saturated rings. The highest BCUT2D eigenvalue weighted by Crippen LogP contribution is 2.21. The van der Waals surface area contributed by atoms with Crippen molar-refractivity contribution in [2.45, 2.75) is 46.6 Å². The molecule has 2 aromatic rings. The van der Waals surface area contributed by atoms with Crippen LogP contribution in [-0.2, 0) is 17.8 Å². The molecule has 0 saturated carbocycles. The number of carbonyl (C=O) groups is 1. The van der Waals surface area contributed by atoms with E-state index >= 15 is 0 Å². The second-order valence-corrected chi connectivity index (χ2v) is 7.51. The number of nitrogens with one attached hydrogen (secondary N) is 1. The fraction of sp³-hybridized carbons (Fsp3) is 0.588. The zero-order valence-corrected chi connectivity index (χ0v) is 15.3. The largest absolute Gasteiger partial charge is 0.361 e. The van der Waals surface area contributed by atoms with Crippen molar-refractivity contribution in [2.24, 2.45) is 5.92 Å². The first-order valence-corrected chi connectivity index (χ1v) is 9.27. The van der Waals surface area contributed by atoms with Gasteiger partial charge in [-0.1, -0.05) is 12.1 Å². The first kappa shape index (κ1) is 17.1. The molecule has 3 rings (SSSR count). The average Bonchev–Trinajstić information content (AvgIpc) is 3.08. The molecule has 1 atom stereocenters. The van der Waals surface area contributed by atoms with E-state index in [9.17, 15) is 4.79 Å². The Balaban J connectivity index is 1.54. The topological polar surface area (TPSA) is 71.3 Å². The van der Waals surface area contributed by atoms with Crippen molar-refractivity contribution < 1.29 is 9.32 Å². The summed E-state index contributed by atoms with van der Waals surface area (Å²) in [5.74, 6) is 1.37. The van der Waals surface area contributed by atoms with Crippen molar-refractivity contribution in [2.75, 3.05) is 18.4 Å². The zero-order chi connectivity index (χ0) is 17.1. The van der Waals surface area contributed by atoms with Gasteiger partial charge in [-0.3, -0.25) is 9.69 Å². The highest BCUT2D eigenvalue weighted by molar-refractivity contribution is 7.13. The van der Waals surface area contributed by atoms with Gasteiger partial charge in [0.2, 0.25) is 5.91 Å². The molecule has 1 unspecified atom stereocenters. The molecule has 6 nitrogen and oxygen atoms in total. The minimum Gasteiger partial charge on any atom is -0.361 e. The Hall–Kier alpha value is -1.73. The number of piperidine rings is 1. The molecule has 0 radical (unpaired) electrons. The van der Waals surface area contributed by atoms with Crippen molar-refractivity contribution in [3.05, 3.63) is 28.1 Å². The number of anilines is 1. The van der Waals surface area contributed by atoms with Crippen molar-refractivity contribution in [3.63, 3.8) is 0 Å². The number of likely N-dealkylation sites (tertiary alicyclic amines) is 1. The van der Waals surface area contributed by atoms with Crippen LogP contribution in [0.25, 0.3) is 0 Å². The molecule has 3 heterocycles. The normalized spacial score (nSPS) is 18.7. The molecule has 0 bridgehead atoms. The molecule has 24 heavy (non-hydrogen) atoms. The summed E-state index contributed by atoms with van der Waals surface area (Å²) >= 11 is 1.48. The van der Waals surface area contributed by atoms with Crippen LogP contribution in [0.1, 0.15) is 42.5 Å². The van der Waals surface area contributed by atoms with E-state index in [4.69, 9.17) is 4.52 Å². The van der Waals surface area contributed by atoms with Gasteiger partial charge >= 0.3 is 0 Å². The van der Waals surface area contributed by atoms with Gasteiger partial charge in [-0.2, -0.15) is 0 Å². The summed E-state index contributed by atoms with van der Waals surface area (Å²) in [7, 11) is 0. The first-order valence-electron chi connectivity index (χ1n) is 8.39. The Morgan fingerprint density at radius 1 is 1.50 bits per heavy atom. The molecule has 130 valence electrons. The summed E-state index contributed by atoms with van der Waals surface area (Å²) in [6, 6.07) is 0. The van der Waals surface area contributed by atoms with Gasteiger partial charge in [-0.05, 0) is 39.2 Å². The van der Waals surface area contributed by atoms with E-state index in [0.29, 0.717) is 10.9 Å². The van der Waals surface area contributed by atoms with Crippen LogP contribution >= 0.6 is 11.3 Å². The van der Waals surface area contributed by atoms with Gasteiger partial charge < -0.3 is 9.84 Å². The monoisotopic (exact) mass is 348 g/mol. The van der Waals surface area contributed by atoms with Crippen LogP contribution in [-0.4, -0.2) is 34.0 Å². The Morgan fingerprint density at radius 2 is 2.33 bits per heavy atom. The van der Waals surface area contributed by atoms with E-state index in [-0.39, 0.29) is 12.3 Å². The molecule has 1 N–H and O–H groups in total. The van der Waals surface area contributed by atoms with Crippen molar-refractivity contribution >= 4 is 22.4 Å². The average molecular weight is 348 g/mol. The number of hydrogen-bond acceptors (Lipinski definition) is 6. The van der Waals surface area contributed by atoms with Crippen LogP contribution in [0.5, 0.6) is 0 Å². The molecular formula is C17H24N4O2S. The molecule has 2 aromatic heterocycles. The zero-order valence-electron chi connectivity index (χ0n) is 14.5. The third kappa shape index (κ3) is 4.21. The number of thiazole rings is 1. The molecule has 0 aliphatic carbocycles. The number of rotatable bonds is 5. The van der Waals surface area contributed by atoms with E-state index in [1.165, 1.54) is 24.2 Å². The number of hydrogen-bond donors (Lipinski definition) is 1. The Morgan fingerprint density at radius 3 is 3.04 bits per heavy atom. The third-order valence-electron chi connectivity index (χ3n) is 4.44. The smallest absolute Gasteiger partial charge is 0.230 e. The number of carbonyl (C=O) groups excluding carboxylic acids is 1. The molecule has 1 aliphatic heterocycles. The van der Waals surface area contributed by atoms with Gasteiger partial charge in [0.25, 0.3) is 0 Å².